The van der Waals surface area contributed by atoms with Gasteiger partial charge in [0.15, 0.2) is 0 Å². The van der Waals surface area contributed by atoms with Gasteiger partial charge in [-0.3, -0.25) is 4.79 Å². The predicted octanol–water partition coefficient (Wildman–Crippen LogP) is 2.49. The van der Waals surface area contributed by atoms with E-state index in [2.05, 4.69) is 5.32 Å². The van der Waals surface area contributed by atoms with Gasteiger partial charge in [0.1, 0.15) is 5.82 Å². The first-order chi connectivity index (χ1) is 11.5. The summed E-state index contributed by atoms with van der Waals surface area (Å²) < 4.78 is 13.6. The number of halogens is 1. The van der Waals surface area contributed by atoms with Crippen LogP contribution >= 0.6 is 11.3 Å². The zero-order valence-corrected chi connectivity index (χ0v) is 13.3. The van der Waals surface area contributed by atoms with E-state index in [9.17, 15) is 9.18 Å². The van der Waals surface area contributed by atoms with Crippen molar-refractivity contribution in [2.45, 2.75) is 0 Å². The van der Waals surface area contributed by atoms with E-state index >= 15 is 0 Å². The minimum absolute atomic E-state index is 0.138. The zero-order chi connectivity index (χ0) is 17.1. The smallest absolute Gasteiger partial charge is 0.423 e. The van der Waals surface area contributed by atoms with Crippen LogP contribution in [-0.4, -0.2) is 23.1 Å². The highest BCUT2D eigenvalue weighted by molar-refractivity contribution is 7.17. The number of benzene rings is 2. The van der Waals surface area contributed by atoms with Gasteiger partial charge in [-0.25, -0.2) is 4.39 Å². The molecule has 0 aliphatic carbocycles. The lowest BCUT2D eigenvalue weighted by atomic mass is 9.80. The maximum Gasteiger partial charge on any atom is 0.488 e. The molecular formula is C17H13BFNO3S. The van der Waals surface area contributed by atoms with Crippen LogP contribution in [0.25, 0.3) is 10.4 Å². The Morgan fingerprint density at radius 1 is 1.00 bits per heavy atom. The predicted molar refractivity (Wildman–Crippen MR) is 93.9 cm³/mol. The van der Waals surface area contributed by atoms with Gasteiger partial charge in [0.05, 0.1) is 10.6 Å². The Labute approximate surface area is 142 Å². The highest BCUT2D eigenvalue weighted by atomic mass is 32.1. The van der Waals surface area contributed by atoms with E-state index < -0.39 is 12.9 Å². The first-order valence-electron chi connectivity index (χ1n) is 7.17. The lowest BCUT2D eigenvalue weighted by Crippen LogP contribution is -2.29. The van der Waals surface area contributed by atoms with Crippen LogP contribution in [0.15, 0.2) is 60.7 Å². The van der Waals surface area contributed by atoms with Crippen molar-refractivity contribution in [3.63, 3.8) is 0 Å². The monoisotopic (exact) mass is 341 g/mol. The molecule has 0 saturated heterocycles. The molecule has 0 aliphatic heterocycles. The van der Waals surface area contributed by atoms with E-state index in [-0.39, 0.29) is 11.6 Å². The molecule has 0 bridgehead atoms. The summed E-state index contributed by atoms with van der Waals surface area (Å²) in [4.78, 5) is 13.5. The molecule has 4 nitrogen and oxygen atoms in total. The summed E-state index contributed by atoms with van der Waals surface area (Å²) in [5.41, 5.74) is 1.39. The van der Waals surface area contributed by atoms with E-state index in [1.165, 1.54) is 23.5 Å². The molecule has 0 aliphatic rings. The van der Waals surface area contributed by atoms with Gasteiger partial charge >= 0.3 is 7.12 Å². The van der Waals surface area contributed by atoms with Crippen molar-refractivity contribution in [3.05, 3.63) is 71.4 Å². The van der Waals surface area contributed by atoms with Gasteiger partial charge in [-0.05, 0) is 35.3 Å². The van der Waals surface area contributed by atoms with Crippen LogP contribution in [0.3, 0.4) is 0 Å². The quantitative estimate of drug-likeness (QED) is 0.639. The van der Waals surface area contributed by atoms with Crippen molar-refractivity contribution in [2.75, 3.05) is 5.32 Å². The Kier molecular flexibility index (Phi) is 4.75. The fraction of sp³-hybridized carbons (Fsp3) is 0. The molecule has 24 heavy (non-hydrogen) atoms. The summed E-state index contributed by atoms with van der Waals surface area (Å²) in [5.74, 6) is -0.862. The second-order valence-electron chi connectivity index (χ2n) is 5.09. The van der Waals surface area contributed by atoms with Crippen molar-refractivity contribution < 1.29 is 19.2 Å². The molecule has 0 saturated carbocycles. The maximum absolute atomic E-state index is 13.6. The van der Waals surface area contributed by atoms with Crippen LogP contribution in [0.2, 0.25) is 0 Å². The van der Waals surface area contributed by atoms with Crippen molar-refractivity contribution in [1.82, 2.24) is 0 Å². The van der Waals surface area contributed by atoms with Crippen LogP contribution in [0.5, 0.6) is 0 Å². The van der Waals surface area contributed by atoms with Crippen LogP contribution in [0.1, 0.15) is 9.67 Å². The summed E-state index contributed by atoms with van der Waals surface area (Å²) in [7, 11) is -1.51. The lowest BCUT2D eigenvalue weighted by molar-refractivity contribution is 0.103. The van der Waals surface area contributed by atoms with E-state index in [1.807, 2.05) is 0 Å². The number of hydrogen-bond donors (Lipinski definition) is 3. The van der Waals surface area contributed by atoms with Crippen molar-refractivity contribution >= 4 is 35.5 Å². The van der Waals surface area contributed by atoms with Gasteiger partial charge in [0.25, 0.3) is 5.91 Å². The van der Waals surface area contributed by atoms with Crippen LogP contribution < -0.4 is 10.8 Å². The fourth-order valence-electron chi connectivity index (χ4n) is 2.18. The topological polar surface area (TPSA) is 69.6 Å². The standard InChI is InChI=1S/C17H13BFNO3S/c19-13-3-1-2-4-14(13)20-17(21)16-10-9-15(24-16)11-5-7-12(8-6-11)18(22)23/h1-10,22-23H,(H,20,21). The second-order valence-corrected chi connectivity index (χ2v) is 6.18. The molecule has 0 unspecified atom stereocenters. The molecule has 0 atom stereocenters. The number of amides is 1. The number of rotatable bonds is 4. The van der Waals surface area contributed by atoms with E-state index in [0.717, 1.165) is 10.4 Å². The SMILES string of the molecule is O=C(Nc1ccccc1F)c1ccc(-c2ccc(B(O)O)cc2)s1. The number of anilines is 1. The van der Waals surface area contributed by atoms with Crippen LogP contribution in [0, 0.1) is 5.82 Å². The Morgan fingerprint density at radius 2 is 1.71 bits per heavy atom. The molecule has 0 spiro atoms. The molecule has 7 heteroatoms. The van der Waals surface area contributed by atoms with Crippen molar-refractivity contribution in [2.24, 2.45) is 0 Å². The summed E-state index contributed by atoms with van der Waals surface area (Å²) >= 11 is 1.27. The maximum atomic E-state index is 13.6. The molecule has 0 radical (unpaired) electrons. The molecule has 1 aromatic heterocycles. The fourth-order valence-corrected chi connectivity index (χ4v) is 3.09. The second kappa shape index (κ2) is 6.96. The van der Waals surface area contributed by atoms with E-state index in [4.69, 9.17) is 10.0 Å². The average Bonchev–Trinajstić information content (AvgIpc) is 3.07. The third-order valence-electron chi connectivity index (χ3n) is 3.45. The number of carbonyl (C=O) groups excluding carboxylic acids is 1. The van der Waals surface area contributed by atoms with Gasteiger partial charge < -0.3 is 15.4 Å². The minimum atomic E-state index is -1.51. The van der Waals surface area contributed by atoms with Gasteiger partial charge in [-0.15, -0.1) is 11.3 Å². The van der Waals surface area contributed by atoms with Crippen molar-refractivity contribution in [3.8, 4) is 10.4 Å². The third-order valence-corrected chi connectivity index (χ3v) is 4.58. The lowest BCUT2D eigenvalue weighted by Gasteiger charge is -2.04. The molecule has 3 rings (SSSR count). The summed E-state index contributed by atoms with van der Waals surface area (Å²) in [6, 6.07) is 16.2. The van der Waals surface area contributed by atoms with Gasteiger partial charge in [-0.2, -0.15) is 0 Å². The average molecular weight is 341 g/mol. The number of hydrogen-bond acceptors (Lipinski definition) is 4. The number of thiophene rings is 1. The Hall–Kier alpha value is -2.48. The van der Waals surface area contributed by atoms with E-state index in [1.54, 1.807) is 48.5 Å². The highest BCUT2D eigenvalue weighted by Gasteiger charge is 2.14. The number of carbonyl (C=O) groups is 1. The molecule has 3 N–H and O–H groups in total. The third kappa shape index (κ3) is 3.54. The molecule has 3 aromatic rings. The molecule has 1 heterocycles. The molecule has 120 valence electrons. The number of para-hydroxylation sites is 1. The van der Waals surface area contributed by atoms with E-state index in [0.29, 0.717) is 10.3 Å². The number of nitrogens with one attached hydrogen (secondary N) is 1. The normalized spacial score (nSPS) is 10.5. The van der Waals surface area contributed by atoms with Gasteiger partial charge in [-0.1, -0.05) is 36.4 Å². The first kappa shape index (κ1) is 16.4. The molecule has 1 amide bonds. The zero-order valence-electron chi connectivity index (χ0n) is 12.4. The van der Waals surface area contributed by atoms with Gasteiger partial charge in [0.2, 0.25) is 0 Å². The van der Waals surface area contributed by atoms with Gasteiger partial charge in [0, 0.05) is 4.88 Å². The largest absolute Gasteiger partial charge is 0.488 e. The highest BCUT2D eigenvalue weighted by Crippen LogP contribution is 2.28. The summed E-state index contributed by atoms with van der Waals surface area (Å²) in [6.07, 6.45) is 0. The van der Waals surface area contributed by atoms with Crippen LogP contribution in [0.4, 0.5) is 10.1 Å². The van der Waals surface area contributed by atoms with Crippen LogP contribution in [-0.2, 0) is 0 Å². The summed E-state index contributed by atoms with van der Waals surface area (Å²) in [5, 5.41) is 20.7. The Morgan fingerprint density at radius 3 is 2.38 bits per heavy atom. The molecule has 0 fully saturated rings. The minimum Gasteiger partial charge on any atom is -0.423 e. The molecular weight excluding hydrogens is 328 g/mol. The Bertz CT molecular complexity index is 864. The Balaban J connectivity index is 1.77. The first-order valence-corrected chi connectivity index (χ1v) is 7.98. The summed E-state index contributed by atoms with van der Waals surface area (Å²) in [6.45, 7) is 0. The molecule has 2 aromatic carbocycles. The van der Waals surface area contributed by atoms with Crippen molar-refractivity contribution in [1.29, 1.82) is 0 Å².